The van der Waals surface area contributed by atoms with E-state index >= 15 is 0 Å². The molecule has 0 fully saturated rings. The molecule has 2 aromatic heterocycles. The van der Waals surface area contributed by atoms with Crippen LogP contribution in [0.25, 0.3) is 21.3 Å². The van der Waals surface area contributed by atoms with E-state index in [0.717, 1.165) is 17.5 Å². The summed E-state index contributed by atoms with van der Waals surface area (Å²) in [6.07, 6.45) is 0.787. The van der Waals surface area contributed by atoms with Crippen LogP contribution >= 0.6 is 23.1 Å². The Morgan fingerprint density at radius 2 is 1.80 bits per heavy atom. The Labute approximate surface area is 182 Å². The van der Waals surface area contributed by atoms with E-state index in [-0.39, 0.29) is 17.2 Å². The number of amides is 1. The Hall–Kier alpha value is -2.90. The van der Waals surface area contributed by atoms with Crippen LogP contribution in [0.5, 0.6) is 0 Å². The molecule has 0 saturated heterocycles. The number of carbonyl (C=O) groups is 1. The highest BCUT2D eigenvalue weighted by Crippen LogP contribution is 2.32. The average molecular weight is 436 g/mol. The highest BCUT2D eigenvalue weighted by molar-refractivity contribution is 7.99. The van der Waals surface area contributed by atoms with Crippen molar-refractivity contribution in [2.24, 2.45) is 7.05 Å². The summed E-state index contributed by atoms with van der Waals surface area (Å²) in [5, 5.41) is 5.45. The van der Waals surface area contributed by atoms with Gasteiger partial charge in [-0.25, -0.2) is 4.98 Å². The number of nitrogens with one attached hydrogen (secondary N) is 1. The topological polar surface area (TPSA) is 64.0 Å². The monoisotopic (exact) mass is 435 g/mol. The standard InChI is InChI=1S/C23H21N3O2S2/c1-26-22(28)21-20(18(14-29-21)17-10-6-3-7-11-17)25-23(26)30-15-19(27)24-13-12-16-8-4-2-5-9-16/h2-11,14H,12-13,15H2,1H3,(H,24,27). The predicted molar refractivity (Wildman–Crippen MR) is 124 cm³/mol. The molecule has 0 unspecified atom stereocenters. The minimum absolute atomic E-state index is 0.0705. The van der Waals surface area contributed by atoms with Crippen molar-refractivity contribution in [1.29, 1.82) is 0 Å². The van der Waals surface area contributed by atoms with E-state index < -0.39 is 0 Å². The van der Waals surface area contributed by atoms with Crippen molar-refractivity contribution in [3.63, 3.8) is 0 Å². The lowest BCUT2D eigenvalue weighted by Crippen LogP contribution is -2.28. The molecule has 0 atom stereocenters. The number of carbonyl (C=O) groups excluding carboxylic acids is 1. The van der Waals surface area contributed by atoms with Gasteiger partial charge in [0, 0.05) is 24.5 Å². The minimum Gasteiger partial charge on any atom is -0.355 e. The molecule has 1 amide bonds. The zero-order valence-electron chi connectivity index (χ0n) is 16.5. The fraction of sp³-hybridized carbons (Fsp3) is 0.174. The Kier molecular flexibility index (Phi) is 6.30. The van der Waals surface area contributed by atoms with E-state index in [1.165, 1.54) is 33.2 Å². The Morgan fingerprint density at radius 3 is 2.53 bits per heavy atom. The maximum Gasteiger partial charge on any atom is 0.271 e. The summed E-state index contributed by atoms with van der Waals surface area (Å²) < 4.78 is 2.16. The predicted octanol–water partition coefficient (Wildman–Crippen LogP) is 4.11. The molecule has 152 valence electrons. The van der Waals surface area contributed by atoms with Crippen LogP contribution in [0.3, 0.4) is 0 Å². The average Bonchev–Trinajstić information content (AvgIpc) is 3.20. The van der Waals surface area contributed by atoms with Crippen molar-refractivity contribution >= 4 is 39.2 Å². The zero-order valence-corrected chi connectivity index (χ0v) is 18.1. The Bertz CT molecular complexity index is 1220. The van der Waals surface area contributed by atoms with Gasteiger partial charge in [0.2, 0.25) is 5.91 Å². The number of nitrogens with zero attached hydrogens (tertiary/aromatic N) is 2. The molecule has 0 saturated carbocycles. The number of rotatable bonds is 7. The Balaban J connectivity index is 1.46. The Morgan fingerprint density at radius 1 is 1.10 bits per heavy atom. The van der Waals surface area contributed by atoms with E-state index in [0.29, 0.717) is 21.9 Å². The summed E-state index contributed by atoms with van der Waals surface area (Å²) in [5.41, 5.74) is 3.77. The number of thiophene rings is 1. The van der Waals surface area contributed by atoms with Gasteiger partial charge in [0.1, 0.15) is 4.70 Å². The van der Waals surface area contributed by atoms with Crippen molar-refractivity contribution in [3.05, 3.63) is 82.0 Å². The summed E-state index contributed by atoms with van der Waals surface area (Å²) in [6, 6.07) is 20.0. The lowest BCUT2D eigenvalue weighted by molar-refractivity contribution is -0.118. The quantitative estimate of drug-likeness (QED) is 0.350. The van der Waals surface area contributed by atoms with Gasteiger partial charge in [0.25, 0.3) is 5.56 Å². The van der Waals surface area contributed by atoms with E-state index in [2.05, 4.69) is 5.32 Å². The first-order valence-corrected chi connectivity index (χ1v) is 11.5. The van der Waals surface area contributed by atoms with Crippen molar-refractivity contribution in [2.75, 3.05) is 12.3 Å². The van der Waals surface area contributed by atoms with Crippen LogP contribution in [0.1, 0.15) is 5.56 Å². The summed E-state index contributed by atoms with van der Waals surface area (Å²) in [6.45, 7) is 0.581. The first-order chi connectivity index (χ1) is 14.6. The summed E-state index contributed by atoms with van der Waals surface area (Å²) >= 11 is 2.69. The van der Waals surface area contributed by atoms with Crippen LogP contribution in [0.4, 0.5) is 0 Å². The van der Waals surface area contributed by atoms with Gasteiger partial charge in [-0.05, 0) is 17.5 Å². The normalized spacial score (nSPS) is 11.0. The molecule has 7 heteroatoms. The van der Waals surface area contributed by atoms with Gasteiger partial charge in [-0.1, -0.05) is 72.4 Å². The molecular weight excluding hydrogens is 414 g/mol. The third-order valence-corrected chi connectivity index (χ3v) is 6.74. The molecule has 0 aliphatic carbocycles. The molecule has 0 radical (unpaired) electrons. The maximum atomic E-state index is 12.8. The molecule has 0 bridgehead atoms. The highest BCUT2D eigenvalue weighted by atomic mass is 32.2. The number of thioether (sulfide) groups is 1. The second kappa shape index (κ2) is 9.28. The third kappa shape index (κ3) is 4.47. The van der Waals surface area contributed by atoms with Crippen LogP contribution in [-0.2, 0) is 18.3 Å². The highest BCUT2D eigenvalue weighted by Gasteiger charge is 2.16. The van der Waals surface area contributed by atoms with E-state index in [9.17, 15) is 9.59 Å². The van der Waals surface area contributed by atoms with E-state index in [1.807, 2.05) is 66.0 Å². The number of hydrogen-bond donors (Lipinski definition) is 1. The summed E-state index contributed by atoms with van der Waals surface area (Å²) in [7, 11) is 1.70. The molecule has 1 N–H and O–H groups in total. The number of aromatic nitrogens is 2. The van der Waals surface area contributed by atoms with Crippen molar-refractivity contribution in [1.82, 2.24) is 14.9 Å². The molecule has 0 spiro atoms. The maximum absolute atomic E-state index is 12.8. The fourth-order valence-electron chi connectivity index (χ4n) is 3.15. The molecule has 0 aliphatic rings. The van der Waals surface area contributed by atoms with Gasteiger partial charge in [0.05, 0.1) is 11.3 Å². The van der Waals surface area contributed by atoms with Gasteiger partial charge in [-0.3, -0.25) is 14.2 Å². The van der Waals surface area contributed by atoms with Crippen LogP contribution < -0.4 is 10.9 Å². The molecule has 4 rings (SSSR count). The van der Waals surface area contributed by atoms with Crippen LogP contribution in [0.2, 0.25) is 0 Å². The lowest BCUT2D eigenvalue weighted by atomic mass is 10.1. The summed E-state index contributed by atoms with van der Waals surface area (Å²) in [4.78, 5) is 29.8. The SMILES string of the molecule is Cn1c(SCC(=O)NCCc2ccccc2)nc2c(-c3ccccc3)csc2c1=O. The first-order valence-electron chi connectivity index (χ1n) is 9.60. The van der Waals surface area contributed by atoms with Gasteiger partial charge < -0.3 is 5.32 Å². The van der Waals surface area contributed by atoms with Crippen molar-refractivity contribution < 1.29 is 4.79 Å². The lowest BCUT2D eigenvalue weighted by Gasteiger charge is -2.09. The third-order valence-electron chi connectivity index (χ3n) is 4.75. The zero-order chi connectivity index (χ0) is 20.9. The molecule has 2 aromatic carbocycles. The number of fused-ring (bicyclic) bond motifs is 1. The van der Waals surface area contributed by atoms with E-state index in [4.69, 9.17) is 4.98 Å². The van der Waals surface area contributed by atoms with Crippen LogP contribution in [0.15, 0.2) is 76.0 Å². The molecule has 30 heavy (non-hydrogen) atoms. The molecule has 4 aromatic rings. The van der Waals surface area contributed by atoms with Gasteiger partial charge in [0.15, 0.2) is 5.16 Å². The number of benzene rings is 2. The van der Waals surface area contributed by atoms with Crippen LogP contribution in [0, 0.1) is 0 Å². The van der Waals surface area contributed by atoms with Crippen molar-refractivity contribution in [3.8, 4) is 11.1 Å². The first kappa shape index (κ1) is 20.4. The largest absolute Gasteiger partial charge is 0.355 e. The molecule has 0 aliphatic heterocycles. The second-order valence-corrected chi connectivity index (χ2v) is 8.65. The van der Waals surface area contributed by atoms with Gasteiger partial charge in [-0.15, -0.1) is 11.3 Å². The van der Waals surface area contributed by atoms with Crippen LogP contribution in [-0.4, -0.2) is 27.8 Å². The molecule has 5 nitrogen and oxygen atoms in total. The second-order valence-electron chi connectivity index (χ2n) is 6.83. The number of hydrogen-bond acceptors (Lipinski definition) is 5. The molecule has 2 heterocycles. The summed E-state index contributed by atoms with van der Waals surface area (Å²) in [5.74, 6) is 0.143. The molecular formula is C23H21N3O2S2. The van der Waals surface area contributed by atoms with Gasteiger partial charge in [-0.2, -0.15) is 0 Å². The minimum atomic E-state index is -0.0841. The van der Waals surface area contributed by atoms with Gasteiger partial charge >= 0.3 is 0 Å². The smallest absolute Gasteiger partial charge is 0.271 e. The fourth-order valence-corrected chi connectivity index (χ4v) is 4.93. The van der Waals surface area contributed by atoms with Crippen molar-refractivity contribution in [2.45, 2.75) is 11.6 Å². The van der Waals surface area contributed by atoms with E-state index in [1.54, 1.807) is 7.05 Å².